The molecule has 1 aliphatic heterocycles. The highest BCUT2D eigenvalue weighted by molar-refractivity contribution is 6.33. The molecule has 1 saturated heterocycles. The van der Waals surface area contributed by atoms with Gasteiger partial charge in [-0.1, -0.05) is 11.6 Å². The largest absolute Gasteiger partial charge is 0.388 e. The molecule has 102 valence electrons. The van der Waals surface area contributed by atoms with Crippen LogP contribution in [-0.2, 0) is 9.47 Å². The van der Waals surface area contributed by atoms with E-state index in [2.05, 4.69) is 15.0 Å². The number of aliphatic hydroxyl groups excluding tert-OH is 1. The van der Waals surface area contributed by atoms with Gasteiger partial charge in [-0.3, -0.25) is 0 Å². The van der Waals surface area contributed by atoms with Gasteiger partial charge in [-0.05, 0) is 6.92 Å². The highest BCUT2D eigenvalue weighted by Gasteiger charge is 2.43. The first kappa shape index (κ1) is 12.7. The van der Waals surface area contributed by atoms with Gasteiger partial charge in [0.05, 0.1) is 12.4 Å². The number of rotatable bonds is 2. The van der Waals surface area contributed by atoms with Crippen LogP contribution in [0.4, 0.5) is 0 Å². The Kier molecular flexibility index (Phi) is 3.14. The molecular formula is C11H13ClN4O3. The predicted molar refractivity (Wildman–Crippen MR) is 66.7 cm³/mol. The molecule has 1 N–H and O–H groups in total. The fraction of sp³-hybridized carbons (Fsp3) is 0.545. The van der Waals surface area contributed by atoms with Crippen LogP contribution in [0.15, 0.2) is 12.7 Å². The summed E-state index contributed by atoms with van der Waals surface area (Å²) >= 11 is 5.96. The van der Waals surface area contributed by atoms with E-state index in [0.29, 0.717) is 11.2 Å². The lowest BCUT2D eigenvalue weighted by Gasteiger charge is -2.20. The number of aliphatic hydroxyl groups is 1. The van der Waals surface area contributed by atoms with Crippen molar-refractivity contribution in [1.82, 2.24) is 19.5 Å². The van der Waals surface area contributed by atoms with E-state index in [0.717, 1.165) is 0 Å². The topological polar surface area (TPSA) is 82.3 Å². The van der Waals surface area contributed by atoms with E-state index in [4.69, 9.17) is 21.1 Å². The first-order valence-electron chi connectivity index (χ1n) is 5.83. The van der Waals surface area contributed by atoms with Crippen LogP contribution < -0.4 is 0 Å². The molecule has 8 heteroatoms. The van der Waals surface area contributed by atoms with Crippen molar-refractivity contribution in [3.63, 3.8) is 0 Å². The van der Waals surface area contributed by atoms with Gasteiger partial charge in [-0.2, -0.15) is 0 Å². The molecule has 0 spiro atoms. The van der Waals surface area contributed by atoms with Crippen molar-refractivity contribution in [1.29, 1.82) is 0 Å². The molecule has 7 nitrogen and oxygen atoms in total. The van der Waals surface area contributed by atoms with Crippen LogP contribution in [0.3, 0.4) is 0 Å². The molecule has 0 aliphatic carbocycles. The number of hydrogen-bond donors (Lipinski definition) is 1. The SMILES string of the molecule is COC1OC(C)C(O)C1n1cnc2c(Cl)ncnc21. The van der Waals surface area contributed by atoms with E-state index in [1.165, 1.54) is 13.4 Å². The molecule has 19 heavy (non-hydrogen) atoms. The molecule has 1 fully saturated rings. The van der Waals surface area contributed by atoms with Gasteiger partial charge < -0.3 is 19.1 Å². The second-order valence-electron chi connectivity index (χ2n) is 4.42. The van der Waals surface area contributed by atoms with Crippen molar-refractivity contribution in [2.24, 2.45) is 0 Å². The number of methoxy groups -OCH3 is 1. The maximum atomic E-state index is 10.2. The van der Waals surface area contributed by atoms with Crippen LogP contribution in [0.5, 0.6) is 0 Å². The van der Waals surface area contributed by atoms with Crippen LogP contribution >= 0.6 is 11.6 Å². The number of imidazole rings is 1. The van der Waals surface area contributed by atoms with Crippen molar-refractivity contribution in [2.45, 2.75) is 31.5 Å². The van der Waals surface area contributed by atoms with Gasteiger partial charge in [0.2, 0.25) is 0 Å². The summed E-state index contributed by atoms with van der Waals surface area (Å²) in [6.07, 6.45) is 1.32. The van der Waals surface area contributed by atoms with E-state index in [1.54, 1.807) is 17.8 Å². The fourth-order valence-electron chi connectivity index (χ4n) is 2.34. The average molecular weight is 285 g/mol. The number of halogens is 1. The third kappa shape index (κ3) is 1.90. The fourth-order valence-corrected chi connectivity index (χ4v) is 2.52. The zero-order valence-electron chi connectivity index (χ0n) is 10.4. The Bertz CT molecular complexity index is 605. The molecule has 0 radical (unpaired) electrons. The van der Waals surface area contributed by atoms with E-state index in [-0.39, 0.29) is 11.3 Å². The van der Waals surface area contributed by atoms with Crippen molar-refractivity contribution in [2.75, 3.05) is 7.11 Å². The van der Waals surface area contributed by atoms with Crippen LogP contribution in [0.1, 0.15) is 13.0 Å². The molecule has 3 heterocycles. The van der Waals surface area contributed by atoms with Gasteiger partial charge in [0.1, 0.15) is 24.0 Å². The number of fused-ring (bicyclic) bond motifs is 1. The van der Waals surface area contributed by atoms with Crippen LogP contribution in [0.25, 0.3) is 11.2 Å². The number of aromatic nitrogens is 4. The van der Waals surface area contributed by atoms with E-state index in [1.807, 2.05) is 0 Å². The lowest BCUT2D eigenvalue weighted by Crippen LogP contribution is -2.30. The minimum Gasteiger partial charge on any atom is -0.388 e. The summed E-state index contributed by atoms with van der Waals surface area (Å²) in [5.41, 5.74) is 1.04. The minimum absolute atomic E-state index is 0.277. The molecule has 4 unspecified atom stereocenters. The van der Waals surface area contributed by atoms with E-state index < -0.39 is 18.4 Å². The molecule has 4 atom stereocenters. The molecule has 2 aromatic rings. The number of nitrogens with zero attached hydrogens (tertiary/aromatic N) is 4. The molecule has 0 bridgehead atoms. The third-order valence-corrected chi connectivity index (χ3v) is 3.60. The van der Waals surface area contributed by atoms with Gasteiger partial charge in [0, 0.05) is 7.11 Å². The van der Waals surface area contributed by atoms with Crippen LogP contribution in [0.2, 0.25) is 5.15 Å². The molecule has 0 saturated carbocycles. The number of hydrogen-bond acceptors (Lipinski definition) is 6. The molecule has 1 aliphatic rings. The Balaban J connectivity index is 2.11. The average Bonchev–Trinajstić information content (AvgIpc) is 2.93. The van der Waals surface area contributed by atoms with E-state index >= 15 is 0 Å². The van der Waals surface area contributed by atoms with Crippen molar-refractivity contribution < 1.29 is 14.6 Å². The van der Waals surface area contributed by atoms with Crippen molar-refractivity contribution >= 4 is 22.8 Å². The summed E-state index contributed by atoms with van der Waals surface area (Å²) in [5.74, 6) is 0. The first-order chi connectivity index (χ1) is 9.13. The van der Waals surface area contributed by atoms with E-state index in [9.17, 15) is 5.11 Å². The summed E-state index contributed by atoms with van der Waals surface area (Å²) in [6, 6.07) is -0.420. The van der Waals surface area contributed by atoms with Gasteiger partial charge in [0.25, 0.3) is 0 Å². The zero-order chi connectivity index (χ0) is 13.6. The maximum absolute atomic E-state index is 10.2. The Labute approximate surface area is 114 Å². The Hall–Kier alpha value is -1.28. The van der Waals surface area contributed by atoms with Crippen molar-refractivity contribution in [3.05, 3.63) is 17.8 Å². The van der Waals surface area contributed by atoms with Gasteiger partial charge in [-0.15, -0.1) is 0 Å². The summed E-state index contributed by atoms with van der Waals surface area (Å²) in [6.45, 7) is 1.79. The maximum Gasteiger partial charge on any atom is 0.180 e. The lowest BCUT2D eigenvalue weighted by molar-refractivity contribution is -0.124. The lowest BCUT2D eigenvalue weighted by atomic mass is 10.1. The summed E-state index contributed by atoms with van der Waals surface area (Å²) < 4.78 is 12.5. The first-order valence-corrected chi connectivity index (χ1v) is 6.20. The summed E-state index contributed by atoms with van der Waals surface area (Å²) in [5, 5.41) is 10.5. The predicted octanol–water partition coefficient (Wildman–Crippen LogP) is 0.773. The van der Waals surface area contributed by atoms with Crippen LogP contribution in [0, 0.1) is 0 Å². The van der Waals surface area contributed by atoms with Gasteiger partial charge in [0.15, 0.2) is 17.1 Å². The van der Waals surface area contributed by atoms with Crippen LogP contribution in [-0.4, -0.2) is 50.2 Å². The summed E-state index contributed by atoms with van der Waals surface area (Å²) in [7, 11) is 1.53. The highest BCUT2D eigenvalue weighted by atomic mass is 35.5. The smallest absolute Gasteiger partial charge is 0.180 e. The standard InChI is InChI=1S/C11H13ClN4O3/c1-5-8(17)7(11(18-2)19-5)16-4-15-6-9(12)13-3-14-10(6)16/h3-5,7-8,11,17H,1-2H3. The second-order valence-corrected chi connectivity index (χ2v) is 4.77. The second kappa shape index (κ2) is 4.68. The highest BCUT2D eigenvalue weighted by Crippen LogP contribution is 2.33. The quantitative estimate of drug-likeness (QED) is 0.821. The Morgan fingerprint density at radius 3 is 2.95 bits per heavy atom. The Morgan fingerprint density at radius 2 is 2.21 bits per heavy atom. The molecule has 0 aromatic carbocycles. The molecule has 3 rings (SSSR count). The minimum atomic E-state index is -0.712. The Morgan fingerprint density at radius 1 is 1.42 bits per heavy atom. The monoisotopic (exact) mass is 284 g/mol. The van der Waals surface area contributed by atoms with Crippen molar-refractivity contribution in [3.8, 4) is 0 Å². The molecular weight excluding hydrogens is 272 g/mol. The van der Waals surface area contributed by atoms with Gasteiger partial charge >= 0.3 is 0 Å². The molecule has 0 amide bonds. The third-order valence-electron chi connectivity index (χ3n) is 3.33. The number of ether oxygens (including phenoxy) is 2. The molecule has 2 aromatic heterocycles. The zero-order valence-corrected chi connectivity index (χ0v) is 11.2. The normalized spacial score (nSPS) is 31.2. The summed E-state index contributed by atoms with van der Waals surface area (Å²) in [4.78, 5) is 12.2. The van der Waals surface area contributed by atoms with Gasteiger partial charge in [-0.25, -0.2) is 15.0 Å².